The predicted octanol–water partition coefficient (Wildman–Crippen LogP) is 2.78. The molecule has 0 radical (unpaired) electrons. The number of hydrogen-bond acceptors (Lipinski definition) is 3. The summed E-state index contributed by atoms with van der Waals surface area (Å²) in [6.07, 6.45) is 0. The van der Waals surface area contributed by atoms with E-state index in [2.05, 4.69) is 31.9 Å². The average molecular weight is 390 g/mol. The highest BCUT2D eigenvalue weighted by molar-refractivity contribution is 9.10. The molecule has 2 aromatic rings. The monoisotopic (exact) mass is 389 g/mol. The lowest BCUT2D eigenvalue weighted by Crippen LogP contribution is -2.32. The lowest BCUT2D eigenvalue weighted by molar-refractivity contribution is -0.115. The Morgan fingerprint density at radius 3 is 2.17 bits per heavy atom. The standard InChI is InChI=1S/C17H16BrN3O3/c1-11(22)20-14-5-7-15(8-6-14)21-16(23)10-19-17(24)12-3-2-4-13(18)9-12/h2-9H,10H2,1H3,(H,19,24)(H,20,22)(H,21,23). The van der Waals surface area contributed by atoms with Crippen molar-refractivity contribution in [3.63, 3.8) is 0 Å². The first-order chi connectivity index (χ1) is 11.4. The Bertz CT molecular complexity index is 760. The van der Waals surface area contributed by atoms with Crippen molar-refractivity contribution in [1.82, 2.24) is 5.32 Å². The van der Waals surface area contributed by atoms with E-state index in [0.717, 1.165) is 4.47 Å². The first-order valence-electron chi connectivity index (χ1n) is 7.15. The largest absolute Gasteiger partial charge is 0.343 e. The topological polar surface area (TPSA) is 87.3 Å². The normalized spacial score (nSPS) is 9.92. The van der Waals surface area contributed by atoms with E-state index in [1.54, 1.807) is 42.5 Å². The number of benzene rings is 2. The fraction of sp³-hybridized carbons (Fsp3) is 0.118. The van der Waals surface area contributed by atoms with E-state index in [-0.39, 0.29) is 24.3 Å². The Morgan fingerprint density at radius 2 is 1.58 bits per heavy atom. The van der Waals surface area contributed by atoms with Gasteiger partial charge in [-0.2, -0.15) is 0 Å². The van der Waals surface area contributed by atoms with Crippen molar-refractivity contribution in [3.8, 4) is 0 Å². The van der Waals surface area contributed by atoms with E-state index in [1.165, 1.54) is 6.92 Å². The van der Waals surface area contributed by atoms with Gasteiger partial charge in [0.15, 0.2) is 0 Å². The summed E-state index contributed by atoms with van der Waals surface area (Å²) >= 11 is 3.29. The third-order valence-electron chi connectivity index (χ3n) is 2.99. The lowest BCUT2D eigenvalue weighted by Gasteiger charge is -2.08. The second-order valence-corrected chi connectivity index (χ2v) is 5.92. The molecule has 0 aliphatic carbocycles. The summed E-state index contributed by atoms with van der Waals surface area (Å²) in [5.41, 5.74) is 1.69. The predicted molar refractivity (Wildman–Crippen MR) is 95.9 cm³/mol. The SMILES string of the molecule is CC(=O)Nc1ccc(NC(=O)CNC(=O)c2cccc(Br)c2)cc1. The van der Waals surface area contributed by atoms with Crippen molar-refractivity contribution < 1.29 is 14.4 Å². The van der Waals surface area contributed by atoms with Crippen LogP contribution in [0.25, 0.3) is 0 Å². The summed E-state index contributed by atoms with van der Waals surface area (Å²) in [6.45, 7) is 1.28. The van der Waals surface area contributed by atoms with Crippen LogP contribution in [0.1, 0.15) is 17.3 Å². The zero-order valence-corrected chi connectivity index (χ0v) is 14.5. The molecule has 0 saturated carbocycles. The molecule has 7 heteroatoms. The fourth-order valence-electron chi connectivity index (χ4n) is 1.94. The number of rotatable bonds is 5. The molecule has 0 saturated heterocycles. The van der Waals surface area contributed by atoms with Gasteiger partial charge >= 0.3 is 0 Å². The molecule has 24 heavy (non-hydrogen) atoms. The number of nitrogens with one attached hydrogen (secondary N) is 3. The number of halogens is 1. The van der Waals surface area contributed by atoms with E-state index in [9.17, 15) is 14.4 Å². The molecular weight excluding hydrogens is 374 g/mol. The third-order valence-corrected chi connectivity index (χ3v) is 3.48. The maximum Gasteiger partial charge on any atom is 0.251 e. The Hall–Kier alpha value is -2.67. The van der Waals surface area contributed by atoms with Gasteiger partial charge in [-0.3, -0.25) is 14.4 Å². The molecule has 6 nitrogen and oxygen atoms in total. The molecule has 0 atom stereocenters. The minimum Gasteiger partial charge on any atom is -0.343 e. The van der Waals surface area contributed by atoms with Gasteiger partial charge in [0.1, 0.15) is 0 Å². The molecule has 124 valence electrons. The first-order valence-corrected chi connectivity index (χ1v) is 7.94. The second-order valence-electron chi connectivity index (χ2n) is 5.00. The molecule has 2 rings (SSSR count). The molecule has 0 aliphatic heterocycles. The Labute approximate surface area is 147 Å². The van der Waals surface area contributed by atoms with Gasteiger partial charge < -0.3 is 16.0 Å². The van der Waals surface area contributed by atoms with Gasteiger partial charge in [-0.25, -0.2) is 0 Å². The van der Waals surface area contributed by atoms with Crippen LogP contribution in [0.5, 0.6) is 0 Å². The molecule has 0 fully saturated rings. The summed E-state index contributed by atoms with van der Waals surface area (Å²) in [5, 5.41) is 7.86. The van der Waals surface area contributed by atoms with Crippen molar-refractivity contribution >= 4 is 45.0 Å². The summed E-state index contributed by atoms with van der Waals surface area (Å²) < 4.78 is 0.791. The van der Waals surface area contributed by atoms with Crippen molar-refractivity contribution in [2.24, 2.45) is 0 Å². The molecule has 2 aromatic carbocycles. The Balaban J connectivity index is 1.84. The maximum atomic E-state index is 11.9. The van der Waals surface area contributed by atoms with Gasteiger partial charge in [-0.1, -0.05) is 22.0 Å². The molecule has 3 amide bonds. The van der Waals surface area contributed by atoms with Gasteiger partial charge in [0, 0.05) is 28.3 Å². The van der Waals surface area contributed by atoms with Crippen molar-refractivity contribution in [1.29, 1.82) is 0 Å². The fourth-order valence-corrected chi connectivity index (χ4v) is 2.34. The smallest absolute Gasteiger partial charge is 0.251 e. The van der Waals surface area contributed by atoms with Gasteiger partial charge in [0.05, 0.1) is 6.54 Å². The number of hydrogen-bond donors (Lipinski definition) is 3. The molecule has 0 heterocycles. The number of carbonyl (C=O) groups is 3. The van der Waals surface area contributed by atoms with Crippen LogP contribution in [0.15, 0.2) is 53.0 Å². The molecule has 0 bridgehead atoms. The molecule has 0 spiro atoms. The van der Waals surface area contributed by atoms with Crippen molar-refractivity contribution in [2.75, 3.05) is 17.2 Å². The number of anilines is 2. The summed E-state index contributed by atoms with van der Waals surface area (Å²) in [4.78, 5) is 34.8. The Kier molecular flexibility index (Phi) is 6.08. The van der Waals surface area contributed by atoms with Crippen LogP contribution in [0.2, 0.25) is 0 Å². The van der Waals surface area contributed by atoms with E-state index < -0.39 is 0 Å². The van der Waals surface area contributed by atoms with Crippen molar-refractivity contribution in [3.05, 3.63) is 58.6 Å². The second kappa shape index (κ2) is 8.26. The van der Waals surface area contributed by atoms with Gasteiger partial charge in [-0.05, 0) is 42.5 Å². The number of amides is 3. The minimum atomic E-state index is -0.342. The quantitative estimate of drug-likeness (QED) is 0.734. The van der Waals surface area contributed by atoms with Crippen LogP contribution in [-0.4, -0.2) is 24.3 Å². The van der Waals surface area contributed by atoms with Gasteiger partial charge in [0.25, 0.3) is 5.91 Å². The number of carbonyl (C=O) groups excluding carboxylic acids is 3. The lowest BCUT2D eigenvalue weighted by atomic mass is 10.2. The van der Waals surface area contributed by atoms with Crippen LogP contribution < -0.4 is 16.0 Å². The van der Waals surface area contributed by atoms with Crippen LogP contribution in [0, 0.1) is 0 Å². The highest BCUT2D eigenvalue weighted by atomic mass is 79.9. The average Bonchev–Trinajstić information content (AvgIpc) is 2.54. The highest BCUT2D eigenvalue weighted by Crippen LogP contribution is 2.13. The van der Waals surface area contributed by atoms with Gasteiger partial charge in [-0.15, -0.1) is 0 Å². The summed E-state index contributed by atoms with van der Waals surface area (Å²) in [5.74, 6) is -0.833. The van der Waals surface area contributed by atoms with E-state index in [1.807, 2.05) is 6.07 Å². The molecule has 0 unspecified atom stereocenters. The zero-order valence-electron chi connectivity index (χ0n) is 12.9. The van der Waals surface area contributed by atoms with Gasteiger partial charge in [0.2, 0.25) is 11.8 Å². The first kappa shape index (κ1) is 17.7. The third kappa shape index (κ3) is 5.51. The van der Waals surface area contributed by atoms with E-state index >= 15 is 0 Å². The highest BCUT2D eigenvalue weighted by Gasteiger charge is 2.08. The van der Waals surface area contributed by atoms with Crippen LogP contribution in [0.4, 0.5) is 11.4 Å². The van der Waals surface area contributed by atoms with Crippen LogP contribution >= 0.6 is 15.9 Å². The van der Waals surface area contributed by atoms with Crippen LogP contribution in [0.3, 0.4) is 0 Å². The maximum absolute atomic E-state index is 11.9. The van der Waals surface area contributed by atoms with E-state index in [4.69, 9.17) is 0 Å². The summed E-state index contributed by atoms with van der Waals surface area (Å²) in [7, 11) is 0. The zero-order chi connectivity index (χ0) is 17.5. The minimum absolute atomic E-state index is 0.140. The molecule has 3 N–H and O–H groups in total. The molecular formula is C17H16BrN3O3. The molecule has 0 aromatic heterocycles. The Morgan fingerprint density at radius 1 is 0.958 bits per heavy atom. The van der Waals surface area contributed by atoms with Crippen LogP contribution in [-0.2, 0) is 9.59 Å². The van der Waals surface area contributed by atoms with Crippen molar-refractivity contribution in [2.45, 2.75) is 6.92 Å². The molecule has 0 aliphatic rings. The van der Waals surface area contributed by atoms with E-state index in [0.29, 0.717) is 16.9 Å². The summed E-state index contributed by atoms with van der Waals surface area (Å²) in [6, 6.07) is 13.6.